The van der Waals surface area contributed by atoms with Crippen LogP contribution >= 0.6 is 47.0 Å². The van der Waals surface area contributed by atoms with E-state index in [0.29, 0.717) is 11.1 Å². The molecule has 0 atom stereocenters. The van der Waals surface area contributed by atoms with Crippen LogP contribution in [-0.4, -0.2) is 11.1 Å². The second-order valence-corrected chi connectivity index (χ2v) is 5.05. The second-order valence-electron chi connectivity index (χ2n) is 2.58. The number of carbonyl (C=O) groups excluding carboxylic acids is 1. The Balaban J connectivity index is 3.00. The van der Waals surface area contributed by atoms with Gasteiger partial charge in [-0.2, -0.15) is 4.99 Å². The maximum atomic E-state index is 11.2. The highest BCUT2D eigenvalue weighted by Crippen LogP contribution is 2.37. The molecule has 0 unspecified atom stereocenters. The number of benzene rings is 1. The predicted molar refractivity (Wildman–Crippen MR) is 65.0 cm³/mol. The lowest BCUT2D eigenvalue weighted by Gasteiger charge is -2.10. The smallest absolute Gasteiger partial charge is 0.266 e. The molecule has 1 rings (SSSR count). The van der Waals surface area contributed by atoms with Crippen LogP contribution in [0.1, 0.15) is 15.9 Å². The molecule has 78 valence electrons. The lowest BCUT2D eigenvalue weighted by atomic mass is 10.1. The van der Waals surface area contributed by atoms with Gasteiger partial charge in [0.25, 0.3) is 5.91 Å². The molecular formula is C9H4Cl3NOS. The van der Waals surface area contributed by atoms with Gasteiger partial charge in [0.05, 0.1) is 5.16 Å². The Kier molecular flexibility index (Phi) is 4.26. The van der Waals surface area contributed by atoms with Gasteiger partial charge in [-0.15, -0.1) is 0 Å². The molecule has 0 heterocycles. The molecule has 0 radical (unpaired) electrons. The Morgan fingerprint density at radius 3 is 2.20 bits per heavy atom. The van der Waals surface area contributed by atoms with Crippen molar-refractivity contribution in [1.82, 2.24) is 0 Å². The van der Waals surface area contributed by atoms with Crippen molar-refractivity contribution in [1.29, 1.82) is 0 Å². The highest BCUT2D eigenvalue weighted by atomic mass is 35.6. The number of aliphatic imine (C=N–C) groups is 1. The Bertz CT molecular complexity index is 418. The van der Waals surface area contributed by atoms with Crippen molar-refractivity contribution in [3.05, 3.63) is 35.4 Å². The molecule has 0 N–H and O–H groups in total. The van der Waals surface area contributed by atoms with Gasteiger partial charge in [0.1, 0.15) is 0 Å². The van der Waals surface area contributed by atoms with Crippen LogP contribution in [0.5, 0.6) is 0 Å². The van der Waals surface area contributed by atoms with Crippen molar-refractivity contribution in [3.8, 4) is 0 Å². The first kappa shape index (κ1) is 12.6. The summed E-state index contributed by atoms with van der Waals surface area (Å²) < 4.78 is -1.49. The number of hydrogen-bond acceptors (Lipinski definition) is 2. The third-order valence-electron chi connectivity index (χ3n) is 1.61. The summed E-state index contributed by atoms with van der Waals surface area (Å²) in [5.41, 5.74) is 0.848. The first-order valence-corrected chi connectivity index (χ1v) is 5.29. The molecule has 0 aliphatic carbocycles. The molecule has 1 aromatic rings. The fourth-order valence-corrected chi connectivity index (χ4v) is 1.37. The Morgan fingerprint density at radius 2 is 1.80 bits per heavy atom. The largest absolute Gasteiger partial charge is 0.285 e. The first-order valence-electron chi connectivity index (χ1n) is 3.74. The zero-order chi connectivity index (χ0) is 11.5. The third kappa shape index (κ3) is 3.56. The van der Waals surface area contributed by atoms with Gasteiger partial charge in [-0.1, -0.05) is 46.9 Å². The van der Waals surface area contributed by atoms with Crippen LogP contribution < -0.4 is 0 Å². The van der Waals surface area contributed by atoms with Crippen molar-refractivity contribution >= 4 is 58.1 Å². The number of hydrogen-bond donors (Lipinski definition) is 0. The van der Waals surface area contributed by atoms with Crippen molar-refractivity contribution in [2.75, 3.05) is 0 Å². The van der Waals surface area contributed by atoms with Gasteiger partial charge < -0.3 is 0 Å². The van der Waals surface area contributed by atoms with E-state index in [2.05, 4.69) is 17.2 Å². The molecule has 0 fully saturated rings. The predicted octanol–water partition coefficient (Wildman–Crippen LogP) is 3.76. The number of thiocarbonyl (C=S) groups is 1. The number of carbonyl (C=O) groups is 1. The maximum Gasteiger partial charge on any atom is 0.285 e. The maximum absolute atomic E-state index is 11.2. The van der Waals surface area contributed by atoms with Gasteiger partial charge in [-0.3, -0.25) is 4.79 Å². The van der Waals surface area contributed by atoms with E-state index in [0.717, 1.165) is 0 Å². The molecular weight excluding hydrogens is 277 g/mol. The molecule has 0 spiro atoms. The lowest BCUT2D eigenvalue weighted by molar-refractivity contribution is 0.100. The zero-order valence-corrected chi connectivity index (χ0v) is 10.3. The van der Waals surface area contributed by atoms with Crippen LogP contribution in [0, 0.1) is 0 Å². The number of nitrogens with zero attached hydrogens (tertiary/aromatic N) is 1. The number of amides is 1. The van der Waals surface area contributed by atoms with E-state index in [-0.39, 0.29) is 0 Å². The summed E-state index contributed by atoms with van der Waals surface area (Å²) in [5, 5.41) is 1.99. The molecule has 0 aliphatic rings. The van der Waals surface area contributed by atoms with E-state index in [1.807, 2.05) is 5.16 Å². The number of alkyl halides is 3. The summed E-state index contributed by atoms with van der Waals surface area (Å²) in [4.78, 5) is 14.5. The number of halogens is 3. The van der Waals surface area contributed by atoms with Gasteiger partial charge in [-0.05, 0) is 24.4 Å². The van der Waals surface area contributed by atoms with Crippen molar-refractivity contribution in [3.63, 3.8) is 0 Å². The van der Waals surface area contributed by atoms with Crippen molar-refractivity contribution in [2.24, 2.45) is 4.99 Å². The van der Waals surface area contributed by atoms with Crippen LogP contribution in [0.25, 0.3) is 0 Å². The van der Waals surface area contributed by atoms with Gasteiger partial charge >= 0.3 is 0 Å². The van der Waals surface area contributed by atoms with E-state index in [9.17, 15) is 4.79 Å². The molecule has 0 aliphatic heterocycles. The van der Waals surface area contributed by atoms with Gasteiger partial charge in [0.15, 0.2) is 0 Å². The van der Waals surface area contributed by atoms with E-state index in [1.165, 1.54) is 12.1 Å². The molecule has 2 nitrogen and oxygen atoms in total. The summed E-state index contributed by atoms with van der Waals surface area (Å²) >= 11 is 21.2. The minimum absolute atomic E-state index is 0.366. The fourth-order valence-electron chi connectivity index (χ4n) is 0.908. The lowest BCUT2D eigenvalue weighted by Crippen LogP contribution is -2.01. The van der Waals surface area contributed by atoms with E-state index < -0.39 is 9.70 Å². The van der Waals surface area contributed by atoms with Gasteiger partial charge in [0, 0.05) is 11.1 Å². The van der Waals surface area contributed by atoms with E-state index in [4.69, 9.17) is 34.8 Å². The zero-order valence-electron chi connectivity index (χ0n) is 7.21. The highest BCUT2D eigenvalue weighted by Gasteiger charge is 2.22. The van der Waals surface area contributed by atoms with Crippen LogP contribution in [-0.2, 0) is 3.79 Å². The summed E-state index contributed by atoms with van der Waals surface area (Å²) in [6.07, 6.45) is 0. The Labute approximate surface area is 107 Å². The van der Waals surface area contributed by atoms with Crippen LogP contribution in [0.4, 0.5) is 0 Å². The van der Waals surface area contributed by atoms with Gasteiger partial charge in [-0.25, -0.2) is 0 Å². The SMILES string of the molecule is O=C(N=C=S)c1ccc(C(Cl)(Cl)Cl)cc1. The average molecular weight is 281 g/mol. The highest BCUT2D eigenvalue weighted by molar-refractivity contribution is 7.78. The summed E-state index contributed by atoms with van der Waals surface area (Å²) in [6, 6.07) is 6.10. The molecule has 0 bridgehead atoms. The van der Waals surface area contributed by atoms with Crippen molar-refractivity contribution < 1.29 is 4.79 Å². The quantitative estimate of drug-likeness (QED) is 0.445. The fraction of sp³-hybridized carbons (Fsp3) is 0.111. The topological polar surface area (TPSA) is 29.4 Å². The molecule has 15 heavy (non-hydrogen) atoms. The molecule has 1 aromatic carbocycles. The minimum Gasteiger partial charge on any atom is -0.266 e. The number of isothiocyanates is 1. The molecule has 1 amide bonds. The van der Waals surface area contributed by atoms with Crippen LogP contribution in [0.2, 0.25) is 0 Å². The second kappa shape index (κ2) is 5.06. The monoisotopic (exact) mass is 279 g/mol. The molecule has 0 saturated heterocycles. The van der Waals surface area contributed by atoms with Crippen LogP contribution in [0.15, 0.2) is 29.3 Å². The molecule has 6 heteroatoms. The normalized spacial score (nSPS) is 10.6. The third-order valence-corrected chi connectivity index (χ3v) is 2.35. The Hall–Kier alpha value is -0.440. The summed E-state index contributed by atoms with van der Waals surface area (Å²) in [5.74, 6) is -0.471. The van der Waals surface area contributed by atoms with E-state index in [1.54, 1.807) is 12.1 Å². The summed E-state index contributed by atoms with van der Waals surface area (Å²) in [7, 11) is 0. The minimum atomic E-state index is -1.49. The van der Waals surface area contributed by atoms with Crippen LogP contribution in [0.3, 0.4) is 0 Å². The van der Waals surface area contributed by atoms with E-state index >= 15 is 0 Å². The first-order chi connectivity index (χ1) is 6.95. The van der Waals surface area contributed by atoms with Crippen molar-refractivity contribution in [2.45, 2.75) is 3.79 Å². The Morgan fingerprint density at radius 1 is 1.27 bits per heavy atom. The summed E-state index contributed by atoms with van der Waals surface area (Å²) in [6.45, 7) is 0. The molecule has 0 aromatic heterocycles. The standard InChI is InChI=1S/C9H4Cl3NOS/c10-9(11,12)7-3-1-6(2-4-7)8(14)13-5-15/h1-4H. The van der Waals surface area contributed by atoms with Gasteiger partial charge in [0.2, 0.25) is 3.79 Å². The number of rotatable bonds is 1. The average Bonchev–Trinajstić information content (AvgIpc) is 2.17. The molecule has 0 saturated carbocycles.